The molecule has 2 atom stereocenters. The third kappa shape index (κ3) is 4.51. The van der Waals surface area contributed by atoms with E-state index in [0.29, 0.717) is 5.92 Å². The number of hydrogen-bond donors (Lipinski definition) is 0. The molecule has 154 valence electrons. The topological polar surface area (TPSA) is 42.0 Å². The van der Waals surface area contributed by atoms with Gasteiger partial charge in [0.2, 0.25) is 5.91 Å². The van der Waals surface area contributed by atoms with Crippen LogP contribution in [0.15, 0.2) is 42.5 Å². The van der Waals surface area contributed by atoms with E-state index in [1.165, 1.54) is 5.56 Å². The Labute approximate surface area is 177 Å². The number of methoxy groups -OCH3 is 2. The van der Waals surface area contributed by atoms with Gasteiger partial charge < -0.3 is 14.4 Å². The molecule has 2 fully saturated rings. The Hall–Kier alpha value is -2.24. The van der Waals surface area contributed by atoms with E-state index in [2.05, 4.69) is 11.0 Å². The standard InChI is InChI=1S/C23H27ClN2O3/c1-28-19-6-7-22(29-2)17(13-19)15-25-8-10-26(11-9-25)23(27)21-14-20(21)16-4-3-5-18(24)12-16/h3-7,12-13,20-21H,8-11,14-15H2,1-2H3. The molecule has 2 unspecified atom stereocenters. The lowest BCUT2D eigenvalue weighted by Gasteiger charge is -2.35. The maximum absolute atomic E-state index is 12.9. The van der Waals surface area contributed by atoms with Crippen LogP contribution >= 0.6 is 11.6 Å². The zero-order valence-corrected chi connectivity index (χ0v) is 17.7. The zero-order valence-electron chi connectivity index (χ0n) is 16.9. The van der Waals surface area contributed by atoms with Crippen LogP contribution in [0.5, 0.6) is 11.5 Å². The lowest BCUT2D eigenvalue weighted by Crippen LogP contribution is -2.48. The molecule has 0 radical (unpaired) electrons. The van der Waals surface area contributed by atoms with Crippen molar-refractivity contribution in [2.45, 2.75) is 18.9 Å². The molecule has 0 spiro atoms. The summed E-state index contributed by atoms with van der Waals surface area (Å²) in [6.45, 7) is 4.05. The van der Waals surface area contributed by atoms with E-state index in [0.717, 1.165) is 61.2 Å². The molecule has 2 aliphatic rings. The first-order chi connectivity index (χ1) is 14.1. The summed E-state index contributed by atoms with van der Waals surface area (Å²) < 4.78 is 10.8. The molecule has 0 bridgehead atoms. The summed E-state index contributed by atoms with van der Waals surface area (Å²) in [4.78, 5) is 17.3. The Bertz CT molecular complexity index is 880. The molecule has 1 amide bonds. The molecule has 1 heterocycles. The van der Waals surface area contributed by atoms with Crippen LogP contribution in [0.3, 0.4) is 0 Å². The molecule has 0 N–H and O–H groups in total. The second kappa shape index (κ2) is 8.64. The summed E-state index contributed by atoms with van der Waals surface area (Å²) >= 11 is 6.10. The minimum atomic E-state index is 0.110. The summed E-state index contributed by atoms with van der Waals surface area (Å²) in [6, 6.07) is 13.8. The molecule has 6 heteroatoms. The number of rotatable bonds is 6. The van der Waals surface area contributed by atoms with Crippen molar-refractivity contribution in [2.75, 3.05) is 40.4 Å². The number of nitrogens with zero attached hydrogens (tertiary/aromatic N) is 2. The Morgan fingerprint density at radius 3 is 2.55 bits per heavy atom. The van der Waals surface area contributed by atoms with Crippen molar-refractivity contribution in [1.29, 1.82) is 0 Å². The van der Waals surface area contributed by atoms with Gasteiger partial charge in [-0.3, -0.25) is 9.69 Å². The van der Waals surface area contributed by atoms with Crippen molar-refractivity contribution in [3.05, 3.63) is 58.6 Å². The molecule has 1 saturated carbocycles. The molecule has 2 aromatic rings. The van der Waals surface area contributed by atoms with Crippen molar-refractivity contribution in [1.82, 2.24) is 9.80 Å². The Balaban J connectivity index is 1.31. The van der Waals surface area contributed by atoms with Gasteiger partial charge in [0.15, 0.2) is 0 Å². The summed E-state index contributed by atoms with van der Waals surface area (Å²) in [5, 5.41) is 0.738. The number of ether oxygens (including phenoxy) is 2. The molecule has 1 aliphatic heterocycles. The molecule has 0 aromatic heterocycles. The van der Waals surface area contributed by atoms with Gasteiger partial charge in [-0.05, 0) is 48.2 Å². The van der Waals surface area contributed by atoms with Gasteiger partial charge in [-0.15, -0.1) is 0 Å². The van der Waals surface area contributed by atoms with E-state index in [1.807, 2.05) is 41.3 Å². The van der Waals surface area contributed by atoms with Gasteiger partial charge >= 0.3 is 0 Å². The predicted molar refractivity (Wildman–Crippen MR) is 114 cm³/mol. The normalized spacial score (nSPS) is 21.7. The van der Waals surface area contributed by atoms with Crippen LogP contribution in [-0.2, 0) is 11.3 Å². The van der Waals surface area contributed by atoms with Crippen LogP contribution < -0.4 is 9.47 Å². The van der Waals surface area contributed by atoms with Crippen molar-refractivity contribution in [2.24, 2.45) is 5.92 Å². The van der Waals surface area contributed by atoms with Crippen LogP contribution in [-0.4, -0.2) is 56.1 Å². The number of carbonyl (C=O) groups is 1. The lowest BCUT2D eigenvalue weighted by atomic mass is 10.1. The van der Waals surface area contributed by atoms with E-state index in [4.69, 9.17) is 21.1 Å². The quantitative estimate of drug-likeness (QED) is 0.721. The molecule has 1 aliphatic carbocycles. The SMILES string of the molecule is COc1ccc(OC)c(CN2CCN(C(=O)C3CC3c3cccc(Cl)c3)CC2)c1. The summed E-state index contributed by atoms with van der Waals surface area (Å²) in [5.74, 6) is 2.41. The highest BCUT2D eigenvalue weighted by Crippen LogP contribution is 2.49. The van der Waals surface area contributed by atoms with Gasteiger partial charge in [0.05, 0.1) is 14.2 Å². The van der Waals surface area contributed by atoms with Crippen molar-refractivity contribution in [3.63, 3.8) is 0 Å². The molecule has 5 nitrogen and oxygen atoms in total. The number of amides is 1. The fourth-order valence-electron chi connectivity index (χ4n) is 4.18. The van der Waals surface area contributed by atoms with Crippen LogP contribution in [0.25, 0.3) is 0 Å². The van der Waals surface area contributed by atoms with Crippen molar-refractivity contribution >= 4 is 17.5 Å². The molecule has 4 rings (SSSR count). The van der Waals surface area contributed by atoms with Gasteiger partial charge in [-0.25, -0.2) is 0 Å². The summed E-state index contributed by atoms with van der Waals surface area (Å²) in [7, 11) is 3.36. The van der Waals surface area contributed by atoms with E-state index in [9.17, 15) is 4.79 Å². The first-order valence-electron chi connectivity index (χ1n) is 10.1. The van der Waals surface area contributed by atoms with E-state index >= 15 is 0 Å². The highest BCUT2D eigenvalue weighted by Gasteiger charge is 2.46. The van der Waals surface area contributed by atoms with Crippen LogP contribution in [0.4, 0.5) is 0 Å². The van der Waals surface area contributed by atoms with Crippen LogP contribution in [0.1, 0.15) is 23.5 Å². The number of hydrogen-bond acceptors (Lipinski definition) is 4. The number of halogens is 1. The minimum absolute atomic E-state index is 0.110. The monoisotopic (exact) mass is 414 g/mol. The van der Waals surface area contributed by atoms with Gasteiger partial charge in [0.1, 0.15) is 11.5 Å². The number of benzene rings is 2. The molecular weight excluding hydrogens is 388 g/mol. The van der Waals surface area contributed by atoms with Gasteiger partial charge in [-0.1, -0.05) is 23.7 Å². The minimum Gasteiger partial charge on any atom is -0.497 e. The highest BCUT2D eigenvalue weighted by atomic mass is 35.5. The average Bonchev–Trinajstić information content (AvgIpc) is 3.55. The number of piperazine rings is 1. The zero-order chi connectivity index (χ0) is 20.4. The van der Waals surface area contributed by atoms with E-state index in [1.54, 1.807) is 14.2 Å². The predicted octanol–water partition coefficient (Wildman–Crippen LogP) is 3.81. The summed E-state index contributed by atoms with van der Waals surface area (Å²) in [6.07, 6.45) is 0.931. The van der Waals surface area contributed by atoms with Gasteiger partial charge in [0, 0.05) is 49.2 Å². The van der Waals surface area contributed by atoms with Crippen LogP contribution in [0.2, 0.25) is 5.02 Å². The average molecular weight is 415 g/mol. The van der Waals surface area contributed by atoms with Crippen LogP contribution in [0, 0.1) is 5.92 Å². The third-order valence-corrected chi connectivity index (χ3v) is 6.19. The van der Waals surface area contributed by atoms with E-state index in [-0.39, 0.29) is 11.8 Å². The fourth-order valence-corrected chi connectivity index (χ4v) is 4.38. The first-order valence-corrected chi connectivity index (χ1v) is 10.4. The maximum atomic E-state index is 12.9. The summed E-state index contributed by atoms with van der Waals surface area (Å²) in [5.41, 5.74) is 2.29. The van der Waals surface area contributed by atoms with Gasteiger partial charge in [-0.2, -0.15) is 0 Å². The Morgan fingerprint density at radius 2 is 1.86 bits per heavy atom. The Kier molecular flexibility index (Phi) is 5.97. The lowest BCUT2D eigenvalue weighted by molar-refractivity contribution is -0.134. The molecular formula is C23H27ClN2O3. The fraction of sp³-hybridized carbons (Fsp3) is 0.435. The number of carbonyl (C=O) groups excluding carboxylic acids is 1. The van der Waals surface area contributed by atoms with Crippen molar-refractivity contribution < 1.29 is 14.3 Å². The molecule has 1 saturated heterocycles. The maximum Gasteiger partial charge on any atom is 0.226 e. The second-order valence-electron chi connectivity index (χ2n) is 7.78. The second-order valence-corrected chi connectivity index (χ2v) is 8.22. The third-order valence-electron chi connectivity index (χ3n) is 5.95. The largest absolute Gasteiger partial charge is 0.497 e. The molecule has 2 aromatic carbocycles. The first kappa shape index (κ1) is 20.0. The van der Waals surface area contributed by atoms with Crippen molar-refractivity contribution in [3.8, 4) is 11.5 Å². The molecule has 29 heavy (non-hydrogen) atoms. The van der Waals surface area contributed by atoms with E-state index < -0.39 is 0 Å². The highest BCUT2D eigenvalue weighted by molar-refractivity contribution is 6.30. The Morgan fingerprint density at radius 1 is 1.07 bits per heavy atom. The smallest absolute Gasteiger partial charge is 0.226 e. The van der Waals surface area contributed by atoms with Gasteiger partial charge in [0.25, 0.3) is 0 Å².